The summed E-state index contributed by atoms with van der Waals surface area (Å²) in [6, 6.07) is 0.851. The summed E-state index contributed by atoms with van der Waals surface area (Å²) < 4.78 is 0. The third-order valence-electron chi connectivity index (χ3n) is 3.71. The highest BCUT2D eigenvalue weighted by Gasteiger charge is 2.34. The quantitative estimate of drug-likeness (QED) is 0.667. The Labute approximate surface area is 75.9 Å². The first-order chi connectivity index (χ1) is 5.79. The molecular formula is C11H21N. The normalized spacial score (nSPS) is 34.2. The van der Waals surface area contributed by atoms with E-state index in [1.165, 1.54) is 51.5 Å². The molecule has 1 saturated heterocycles. The zero-order chi connectivity index (χ0) is 8.44. The minimum Gasteiger partial charge on any atom is -0.314 e. The Morgan fingerprint density at radius 2 is 2.08 bits per heavy atom. The van der Waals surface area contributed by atoms with Gasteiger partial charge in [-0.25, -0.2) is 0 Å². The molecule has 1 atom stereocenters. The molecule has 0 bridgehead atoms. The summed E-state index contributed by atoms with van der Waals surface area (Å²) in [4.78, 5) is 0. The third-order valence-corrected chi connectivity index (χ3v) is 3.71. The van der Waals surface area contributed by atoms with Crippen LogP contribution in [0.5, 0.6) is 0 Å². The van der Waals surface area contributed by atoms with Gasteiger partial charge in [0.25, 0.3) is 0 Å². The fraction of sp³-hybridized carbons (Fsp3) is 1.00. The van der Waals surface area contributed by atoms with Crippen molar-refractivity contribution in [2.24, 2.45) is 5.41 Å². The molecule has 0 aromatic rings. The van der Waals surface area contributed by atoms with Gasteiger partial charge in [-0.2, -0.15) is 0 Å². The van der Waals surface area contributed by atoms with Crippen molar-refractivity contribution < 1.29 is 0 Å². The van der Waals surface area contributed by atoms with Crippen molar-refractivity contribution >= 4 is 0 Å². The first-order valence-electron chi connectivity index (χ1n) is 5.52. The summed E-state index contributed by atoms with van der Waals surface area (Å²) in [6.07, 6.45) is 10.1. The second-order valence-corrected chi connectivity index (χ2v) is 5.02. The monoisotopic (exact) mass is 167 g/mol. The van der Waals surface area contributed by atoms with Gasteiger partial charge in [-0.05, 0) is 44.1 Å². The lowest BCUT2D eigenvalue weighted by Crippen LogP contribution is -2.40. The van der Waals surface area contributed by atoms with Crippen LogP contribution in [0.25, 0.3) is 0 Å². The lowest BCUT2D eigenvalue weighted by Gasteiger charge is -2.42. The highest BCUT2D eigenvalue weighted by Crippen LogP contribution is 2.44. The van der Waals surface area contributed by atoms with Crippen molar-refractivity contribution in [2.75, 3.05) is 6.54 Å². The smallest absolute Gasteiger partial charge is 0.00722 e. The van der Waals surface area contributed by atoms with Crippen LogP contribution in [0.1, 0.15) is 51.9 Å². The Morgan fingerprint density at radius 1 is 1.25 bits per heavy atom. The van der Waals surface area contributed by atoms with Crippen LogP contribution in [0.2, 0.25) is 0 Å². The molecule has 0 aromatic carbocycles. The zero-order valence-corrected chi connectivity index (χ0v) is 8.23. The fourth-order valence-corrected chi connectivity index (χ4v) is 2.68. The Kier molecular flexibility index (Phi) is 2.40. The first kappa shape index (κ1) is 8.55. The van der Waals surface area contributed by atoms with E-state index in [1.54, 1.807) is 0 Å². The van der Waals surface area contributed by atoms with Crippen LogP contribution >= 0.6 is 0 Å². The molecule has 1 nitrogen and oxygen atoms in total. The van der Waals surface area contributed by atoms with Gasteiger partial charge in [-0.3, -0.25) is 0 Å². The van der Waals surface area contributed by atoms with E-state index in [9.17, 15) is 0 Å². The molecule has 0 aromatic heterocycles. The van der Waals surface area contributed by atoms with Gasteiger partial charge in [0, 0.05) is 6.04 Å². The summed E-state index contributed by atoms with van der Waals surface area (Å²) in [5.41, 5.74) is 0.717. The molecule has 2 fully saturated rings. The van der Waals surface area contributed by atoms with E-state index in [1.807, 2.05) is 0 Å². The Hall–Kier alpha value is -0.0400. The predicted octanol–water partition coefficient (Wildman–Crippen LogP) is 2.71. The van der Waals surface area contributed by atoms with E-state index in [0.717, 1.165) is 11.5 Å². The average Bonchev–Trinajstić information content (AvgIpc) is 2.04. The molecule has 0 spiro atoms. The van der Waals surface area contributed by atoms with E-state index in [2.05, 4.69) is 12.2 Å². The molecule has 12 heavy (non-hydrogen) atoms. The van der Waals surface area contributed by atoms with E-state index < -0.39 is 0 Å². The molecule has 1 aliphatic carbocycles. The highest BCUT2D eigenvalue weighted by molar-refractivity contribution is 4.88. The fourth-order valence-electron chi connectivity index (χ4n) is 2.68. The van der Waals surface area contributed by atoms with Gasteiger partial charge in [0.2, 0.25) is 0 Å². The molecular weight excluding hydrogens is 146 g/mol. The largest absolute Gasteiger partial charge is 0.314 e. The molecule has 1 unspecified atom stereocenters. The van der Waals surface area contributed by atoms with E-state index in [-0.39, 0.29) is 0 Å². The zero-order valence-electron chi connectivity index (χ0n) is 8.23. The van der Waals surface area contributed by atoms with Gasteiger partial charge >= 0.3 is 0 Å². The number of hydrogen-bond donors (Lipinski definition) is 1. The highest BCUT2D eigenvalue weighted by atomic mass is 14.9. The molecule has 1 heterocycles. The van der Waals surface area contributed by atoms with Crippen LogP contribution in [-0.4, -0.2) is 12.6 Å². The number of piperidine rings is 1. The van der Waals surface area contributed by atoms with Crippen LogP contribution in [0.15, 0.2) is 0 Å². The minimum atomic E-state index is 0.717. The summed E-state index contributed by atoms with van der Waals surface area (Å²) in [7, 11) is 0. The molecule has 2 rings (SSSR count). The molecule has 1 saturated carbocycles. The second kappa shape index (κ2) is 3.37. The van der Waals surface area contributed by atoms with Crippen molar-refractivity contribution in [1.29, 1.82) is 0 Å². The molecule has 0 amide bonds. The van der Waals surface area contributed by atoms with Crippen molar-refractivity contribution in [3.05, 3.63) is 0 Å². The maximum atomic E-state index is 3.64. The van der Waals surface area contributed by atoms with Crippen molar-refractivity contribution in [1.82, 2.24) is 5.32 Å². The Bertz CT molecular complexity index is 143. The lowest BCUT2D eigenvalue weighted by atomic mass is 9.66. The Morgan fingerprint density at radius 3 is 2.58 bits per heavy atom. The van der Waals surface area contributed by atoms with Crippen molar-refractivity contribution in [3.8, 4) is 0 Å². The van der Waals surface area contributed by atoms with Crippen LogP contribution in [0.3, 0.4) is 0 Å². The van der Waals surface area contributed by atoms with Crippen LogP contribution in [0.4, 0.5) is 0 Å². The van der Waals surface area contributed by atoms with Gasteiger partial charge in [0.1, 0.15) is 0 Å². The molecule has 1 N–H and O–H groups in total. The van der Waals surface area contributed by atoms with Crippen LogP contribution < -0.4 is 5.32 Å². The third kappa shape index (κ3) is 1.82. The number of nitrogens with one attached hydrogen (secondary N) is 1. The van der Waals surface area contributed by atoms with Gasteiger partial charge in [-0.1, -0.05) is 19.8 Å². The van der Waals surface area contributed by atoms with E-state index in [4.69, 9.17) is 0 Å². The SMILES string of the molecule is CC1(CC2CCCCN2)CCC1. The molecule has 0 radical (unpaired) electrons. The average molecular weight is 167 g/mol. The van der Waals surface area contributed by atoms with Gasteiger partial charge < -0.3 is 5.32 Å². The van der Waals surface area contributed by atoms with Crippen molar-refractivity contribution in [2.45, 2.75) is 57.9 Å². The predicted molar refractivity (Wildman–Crippen MR) is 52.2 cm³/mol. The lowest BCUT2D eigenvalue weighted by molar-refractivity contribution is 0.119. The summed E-state index contributed by atoms with van der Waals surface area (Å²) in [5, 5.41) is 3.64. The topological polar surface area (TPSA) is 12.0 Å². The van der Waals surface area contributed by atoms with Gasteiger partial charge in [0.05, 0.1) is 0 Å². The molecule has 1 aliphatic heterocycles. The maximum Gasteiger partial charge on any atom is 0.00722 e. The van der Waals surface area contributed by atoms with Gasteiger partial charge in [0.15, 0.2) is 0 Å². The summed E-state index contributed by atoms with van der Waals surface area (Å²) in [6.45, 7) is 3.73. The van der Waals surface area contributed by atoms with E-state index in [0.29, 0.717) is 0 Å². The van der Waals surface area contributed by atoms with Crippen molar-refractivity contribution in [3.63, 3.8) is 0 Å². The molecule has 2 aliphatic rings. The molecule has 1 heteroatoms. The summed E-state index contributed by atoms with van der Waals surface area (Å²) >= 11 is 0. The first-order valence-corrected chi connectivity index (χ1v) is 5.52. The number of hydrogen-bond acceptors (Lipinski definition) is 1. The van der Waals surface area contributed by atoms with Gasteiger partial charge in [-0.15, -0.1) is 0 Å². The maximum absolute atomic E-state index is 3.64. The summed E-state index contributed by atoms with van der Waals surface area (Å²) in [5.74, 6) is 0. The number of rotatable bonds is 2. The Balaban J connectivity index is 1.77. The van der Waals surface area contributed by atoms with Crippen LogP contribution in [-0.2, 0) is 0 Å². The molecule has 70 valence electrons. The van der Waals surface area contributed by atoms with E-state index >= 15 is 0 Å². The minimum absolute atomic E-state index is 0.717. The standard InChI is InChI=1S/C11H21N/c1-11(6-4-7-11)9-10-5-2-3-8-12-10/h10,12H,2-9H2,1H3. The van der Waals surface area contributed by atoms with Crippen LogP contribution in [0, 0.1) is 5.41 Å². The second-order valence-electron chi connectivity index (χ2n) is 5.02.